The van der Waals surface area contributed by atoms with E-state index >= 15 is 0 Å². The molecule has 19 heavy (non-hydrogen) atoms. The number of hydrogen-bond donors (Lipinski definition) is 2. The van der Waals surface area contributed by atoms with Crippen LogP contribution in [0.5, 0.6) is 0 Å². The highest BCUT2D eigenvalue weighted by Gasteiger charge is 2.29. The molecule has 1 aliphatic rings. The Balaban J connectivity index is 2.06. The minimum absolute atomic E-state index is 0.0681. The Kier molecular flexibility index (Phi) is 4.19. The van der Waals surface area contributed by atoms with Gasteiger partial charge in [-0.3, -0.25) is 4.79 Å². The lowest BCUT2D eigenvalue weighted by Crippen LogP contribution is -2.40. The van der Waals surface area contributed by atoms with Gasteiger partial charge in [-0.15, -0.1) is 0 Å². The van der Waals surface area contributed by atoms with Crippen molar-refractivity contribution in [3.63, 3.8) is 0 Å². The van der Waals surface area contributed by atoms with Crippen molar-refractivity contribution in [3.8, 4) is 0 Å². The minimum atomic E-state index is -0.0681. The molecule has 0 radical (unpaired) electrons. The quantitative estimate of drug-likeness (QED) is 0.814. The van der Waals surface area contributed by atoms with Gasteiger partial charge in [0.05, 0.1) is 5.56 Å². The van der Waals surface area contributed by atoms with Crippen LogP contribution >= 0.6 is 15.9 Å². The van der Waals surface area contributed by atoms with E-state index in [0.29, 0.717) is 16.7 Å². The summed E-state index contributed by atoms with van der Waals surface area (Å²) in [6.45, 7) is 4.53. The van der Waals surface area contributed by atoms with E-state index in [4.69, 9.17) is 5.73 Å². The van der Waals surface area contributed by atoms with Crippen molar-refractivity contribution in [3.05, 3.63) is 28.2 Å². The number of nitrogen functional groups attached to an aromatic ring is 1. The van der Waals surface area contributed by atoms with Gasteiger partial charge in [0.2, 0.25) is 0 Å². The molecule has 0 aromatic heterocycles. The molecule has 1 aromatic rings. The van der Waals surface area contributed by atoms with Crippen LogP contribution in [0.1, 0.15) is 49.9 Å². The zero-order chi connectivity index (χ0) is 14.0. The van der Waals surface area contributed by atoms with Gasteiger partial charge in [-0.1, -0.05) is 36.2 Å². The third-order valence-electron chi connectivity index (χ3n) is 3.80. The monoisotopic (exact) mass is 324 g/mol. The summed E-state index contributed by atoms with van der Waals surface area (Å²) in [6.07, 6.45) is 4.50. The smallest absolute Gasteiger partial charge is 0.253 e. The fourth-order valence-electron chi connectivity index (χ4n) is 2.81. The predicted octanol–water partition coefficient (Wildman–Crippen LogP) is 3.73. The van der Waals surface area contributed by atoms with Crippen LogP contribution in [0.25, 0.3) is 0 Å². The third-order valence-corrected chi connectivity index (χ3v) is 4.29. The molecule has 1 atom stereocenters. The molecule has 1 amide bonds. The summed E-state index contributed by atoms with van der Waals surface area (Å²) < 4.78 is 0.871. The van der Waals surface area contributed by atoms with Crippen molar-refractivity contribution in [1.29, 1.82) is 0 Å². The molecule has 1 aromatic carbocycles. The Morgan fingerprint density at radius 2 is 2.21 bits per heavy atom. The Morgan fingerprint density at radius 3 is 2.89 bits per heavy atom. The molecule has 0 heterocycles. The van der Waals surface area contributed by atoms with E-state index in [1.54, 1.807) is 12.1 Å². The van der Waals surface area contributed by atoms with Gasteiger partial charge in [-0.25, -0.2) is 0 Å². The number of nitrogens with two attached hydrogens (primary N) is 1. The number of anilines is 1. The van der Waals surface area contributed by atoms with E-state index in [2.05, 4.69) is 35.1 Å². The van der Waals surface area contributed by atoms with Gasteiger partial charge in [-0.05, 0) is 42.9 Å². The van der Waals surface area contributed by atoms with Crippen molar-refractivity contribution in [2.45, 2.75) is 45.6 Å². The second kappa shape index (κ2) is 5.53. The number of nitrogens with one attached hydrogen (secondary N) is 1. The summed E-state index contributed by atoms with van der Waals surface area (Å²) in [5, 5.41) is 3.12. The topological polar surface area (TPSA) is 55.1 Å². The SMILES string of the molecule is CC1(C)CCCC(NC(=O)c2cc(Br)ccc2N)C1. The maximum Gasteiger partial charge on any atom is 0.253 e. The maximum atomic E-state index is 12.3. The van der Waals surface area contributed by atoms with Crippen molar-refractivity contribution >= 4 is 27.5 Å². The molecule has 2 rings (SSSR count). The van der Waals surface area contributed by atoms with Gasteiger partial charge in [0.25, 0.3) is 5.91 Å². The molecular weight excluding hydrogens is 304 g/mol. The van der Waals surface area contributed by atoms with Crippen LogP contribution in [-0.2, 0) is 0 Å². The fourth-order valence-corrected chi connectivity index (χ4v) is 3.17. The number of rotatable bonds is 2. The summed E-state index contributed by atoms with van der Waals surface area (Å²) in [5.74, 6) is -0.0681. The average molecular weight is 325 g/mol. The third kappa shape index (κ3) is 3.72. The van der Waals surface area contributed by atoms with Crippen LogP contribution in [0.2, 0.25) is 0 Å². The number of carbonyl (C=O) groups excluding carboxylic acids is 1. The molecule has 0 spiro atoms. The van der Waals surface area contributed by atoms with Crippen LogP contribution in [0.4, 0.5) is 5.69 Å². The Hall–Kier alpha value is -1.03. The van der Waals surface area contributed by atoms with Gasteiger partial charge in [-0.2, -0.15) is 0 Å². The molecule has 1 saturated carbocycles. The van der Waals surface area contributed by atoms with E-state index in [-0.39, 0.29) is 11.9 Å². The number of benzene rings is 1. The molecule has 1 aliphatic carbocycles. The van der Waals surface area contributed by atoms with Crippen molar-refractivity contribution in [1.82, 2.24) is 5.32 Å². The van der Waals surface area contributed by atoms with Gasteiger partial charge in [0.1, 0.15) is 0 Å². The summed E-state index contributed by atoms with van der Waals surface area (Å²) in [6, 6.07) is 5.63. The number of carbonyl (C=O) groups is 1. The molecule has 0 aliphatic heterocycles. The highest BCUT2D eigenvalue weighted by atomic mass is 79.9. The zero-order valence-electron chi connectivity index (χ0n) is 11.5. The summed E-state index contributed by atoms with van der Waals surface area (Å²) >= 11 is 3.37. The fraction of sp³-hybridized carbons (Fsp3) is 0.533. The predicted molar refractivity (Wildman–Crippen MR) is 82.1 cm³/mol. The van der Waals surface area contributed by atoms with E-state index in [0.717, 1.165) is 17.3 Å². The summed E-state index contributed by atoms with van der Waals surface area (Å²) in [5.41, 5.74) is 7.26. The van der Waals surface area contributed by atoms with E-state index in [1.807, 2.05) is 6.07 Å². The first-order valence-corrected chi connectivity index (χ1v) is 7.53. The van der Waals surface area contributed by atoms with E-state index in [1.165, 1.54) is 12.8 Å². The molecule has 4 heteroatoms. The Labute approximate surface area is 123 Å². The molecule has 1 fully saturated rings. The first kappa shape index (κ1) is 14.4. The standard InChI is InChI=1S/C15H21BrN2O/c1-15(2)7-3-4-11(9-15)18-14(19)12-8-10(16)5-6-13(12)17/h5-6,8,11H,3-4,7,9,17H2,1-2H3,(H,18,19). The normalized spacial score (nSPS) is 21.9. The molecule has 3 N–H and O–H groups in total. The van der Waals surface area contributed by atoms with Crippen molar-refractivity contribution < 1.29 is 4.79 Å². The van der Waals surface area contributed by atoms with Gasteiger partial charge in [0, 0.05) is 16.2 Å². The van der Waals surface area contributed by atoms with Crippen LogP contribution in [0.15, 0.2) is 22.7 Å². The lowest BCUT2D eigenvalue weighted by molar-refractivity contribution is 0.0903. The Bertz CT molecular complexity index is 485. The molecular formula is C15H21BrN2O. The Morgan fingerprint density at radius 1 is 1.47 bits per heavy atom. The van der Waals surface area contributed by atoms with Gasteiger partial charge >= 0.3 is 0 Å². The van der Waals surface area contributed by atoms with Crippen LogP contribution < -0.4 is 11.1 Å². The number of hydrogen-bond acceptors (Lipinski definition) is 2. The lowest BCUT2D eigenvalue weighted by Gasteiger charge is -2.35. The van der Waals surface area contributed by atoms with Crippen molar-refractivity contribution in [2.24, 2.45) is 5.41 Å². The maximum absolute atomic E-state index is 12.3. The lowest BCUT2D eigenvalue weighted by atomic mass is 9.75. The van der Waals surface area contributed by atoms with Gasteiger partial charge < -0.3 is 11.1 Å². The molecule has 104 valence electrons. The highest BCUT2D eigenvalue weighted by molar-refractivity contribution is 9.10. The van der Waals surface area contributed by atoms with Crippen molar-refractivity contribution in [2.75, 3.05) is 5.73 Å². The first-order chi connectivity index (χ1) is 8.87. The molecule has 0 bridgehead atoms. The first-order valence-electron chi connectivity index (χ1n) is 6.73. The summed E-state index contributed by atoms with van der Waals surface area (Å²) in [4.78, 5) is 12.3. The molecule has 0 saturated heterocycles. The van der Waals surface area contributed by atoms with Crippen LogP contribution in [0.3, 0.4) is 0 Å². The van der Waals surface area contributed by atoms with Gasteiger partial charge in [0.15, 0.2) is 0 Å². The zero-order valence-corrected chi connectivity index (χ0v) is 13.1. The van der Waals surface area contributed by atoms with E-state index in [9.17, 15) is 4.79 Å². The minimum Gasteiger partial charge on any atom is -0.398 e. The number of halogens is 1. The summed E-state index contributed by atoms with van der Waals surface area (Å²) in [7, 11) is 0. The number of amides is 1. The second-order valence-electron chi connectivity index (χ2n) is 6.16. The largest absolute Gasteiger partial charge is 0.398 e. The average Bonchev–Trinajstić information content (AvgIpc) is 2.31. The molecule has 1 unspecified atom stereocenters. The second-order valence-corrected chi connectivity index (χ2v) is 7.08. The molecule has 3 nitrogen and oxygen atoms in total. The van der Waals surface area contributed by atoms with Crippen LogP contribution in [0, 0.1) is 5.41 Å². The highest BCUT2D eigenvalue weighted by Crippen LogP contribution is 2.35. The van der Waals surface area contributed by atoms with Crippen LogP contribution in [-0.4, -0.2) is 11.9 Å². The van der Waals surface area contributed by atoms with E-state index < -0.39 is 0 Å².